The van der Waals surface area contributed by atoms with Crippen molar-refractivity contribution in [2.75, 3.05) is 26.2 Å². The van der Waals surface area contributed by atoms with Crippen LogP contribution in [0.15, 0.2) is 30.3 Å². The van der Waals surface area contributed by atoms with Crippen LogP contribution < -0.4 is 5.32 Å². The van der Waals surface area contributed by atoms with E-state index in [-0.39, 0.29) is 31.0 Å². The third-order valence-corrected chi connectivity index (χ3v) is 4.35. The van der Waals surface area contributed by atoms with E-state index < -0.39 is 0 Å². The van der Waals surface area contributed by atoms with Crippen molar-refractivity contribution < 1.29 is 9.53 Å². The van der Waals surface area contributed by atoms with Gasteiger partial charge < -0.3 is 15.0 Å². The van der Waals surface area contributed by atoms with Gasteiger partial charge in [0.05, 0.1) is 6.10 Å². The van der Waals surface area contributed by atoms with Gasteiger partial charge in [-0.1, -0.05) is 30.3 Å². The molecule has 3 rings (SSSR count). The second kappa shape index (κ2) is 7.95. The average Bonchev–Trinajstić information content (AvgIpc) is 3.32. The van der Waals surface area contributed by atoms with Crippen molar-refractivity contribution >= 4 is 18.3 Å². The summed E-state index contributed by atoms with van der Waals surface area (Å²) in [6, 6.07) is 10.7. The lowest BCUT2D eigenvalue weighted by Crippen LogP contribution is -2.50. The molecule has 1 unspecified atom stereocenters. The van der Waals surface area contributed by atoms with Gasteiger partial charge in [-0.05, 0) is 31.2 Å². The van der Waals surface area contributed by atoms with Gasteiger partial charge in [0.1, 0.15) is 6.61 Å². The topological polar surface area (TPSA) is 41.6 Å². The van der Waals surface area contributed by atoms with Crippen LogP contribution >= 0.6 is 12.4 Å². The lowest BCUT2D eigenvalue weighted by Gasteiger charge is -2.33. The summed E-state index contributed by atoms with van der Waals surface area (Å²) in [5, 5.41) is 3.51. The van der Waals surface area contributed by atoms with Crippen LogP contribution in [0.3, 0.4) is 0 Å². The highest BCUT2D eigenvalue weighted by Crippen LogP contribution is 2.30. The van der Waals surface area contributed by atoms with Gasteiger partial charge in [0.15, 0.2) is 0 Å². The highest BCUT2D eigenvalue weighted by molar-refractivity contribution is 5.85. The number of rotatable bonds is 6. The van der Waals surface area contributed by atoms with Crippen molar-refractivity contribution in [1.82, 2.24) is 10.2 Å². The predicted octanol–water partition coefficient (Wildman–Crippen LogP) is 2.40. The molecule has 1 saturated carbocycles. The Kier molecular flexibility index (Phi) is 6.24. The molecule has 5 heteroatoms. The molecule has 1 N–H and O–H groups in total. The van der Waals surface area contributed by atoms with Crippen LogP contribution in [0.25, 0.3) is 0 Å². The molecule has 1 aliphatic carbocycles. The predicted molar refractivity (Wildman–Crippen MR) is 89.2 cm³/mol. The number of hydrogen-bond acceptors (Lipinski definition) is 3. The Bertz CT molecular complexity index is 479. The normalized spacial score (nSPS) is 23.0. The number of morpholine rings is 1. The number of carbonyl (C=O) groups is 1. The maximum absolute atomic E-state index is 11.8. The minimum atomic E-state index is 0. The standard InChI is InChI=1S/C17H24N2O2.ClH/c1-13(15-5-3-2-4-6-15)18-9-16-11-19(10-14-7-8-14)17(20)12-21-16;/h2-6,13-14,16,18H,7-12H2,1H3;1H/t13-,16?;/m1./s1. The molecule has 22 heavy (non-hydrogen) atoms. The van der Waals surface area contributed by atoms with E-state index in [0.717, 1.165) is 25.6 Å². The zero-order chi connectivity index (χ0) is 14.7. The molecule has 1 heterocycles. The SMILES string of the molecule is C[C@@H](NCC1CN(CC2CC2)C(=O)CO1)c1ccccc1.Cl. The van der Waals surface area contributed by atoms with Gasteiger partial charge in [-0.2, -0.15) is 0 Å². The third kappa shape index (κ3) is 4.70. The van der Waals surface area contributed by atoms with Crippen molar-refractivity contribution in [3.05, 3.63) is 35.9 Å². The molecule has 0 radical (unpaired) electrons. The zero-order valence-corrected chi connectivity index (χ0v) is 13.8. The van der Waals surface area contributed by atoms with Crippen LogP contribution in [0.1, 0.15) is 31.4 Å². The van der Waals surface area contributed by atoms with E-state index in [1.165, 1.54) is 18.4 Å². The maximum atomic E-state index is 11.8. The number of ether oxygens (including phenoxy) is 1. The van der Waals surface area contributed by atoms with Crippen LogP contribution in [0.2, 0.25) is 0 Å². The van der Waals surface area contributed by atoms with Gasteiger partial charge in [-0.15, -0.1) is 12.4 Å². The van der Waals surface area contributed by atoms with Gasteiger partial charge >= 0.3 is 0 Å². The van der Waals surface area contributed by atoms with Crippen LogP contribution in [0.5, 0.6) is 0 Å². The molecule has 1 amide bonds. The Labute approximate surface area is 138 Å². The van der Waals surface area contributed by atoms with Crippen molar-refractivity contribution in [2.24, 2.45) is 5.92 Å². The number of carbonyl (C=O) groups excluding carboxylic acids is 1. The first-order chi connectivity index (χ1) is 10.2. The summed E-state index contributed by atoms with van der Waals surface area (Å²) in [5.74, 6) is 0.887. The number of benzene rings is 1. The summed E-state index contributed by atoms with van der Waals surface area (Å²) < 4.78 is 5.66. The fraction of sp³-hybridized carbons (Fsp3) is 0.588. The molecule has 0 spiro atoms. The highest BCUT2D eigenvalue weighted by atomic mass is 35.5. The van der Waals surface area contributed by atoms with Crippen molar-refractivity contribution in [2.45, 2.75) is 31.9 Å². The fourth-order valence-corrected chi connectivity index (χ4v) is 2.76. The Morgan fingerprint density at radius 2 is 2.05 bits per heavy atom. The largest absolute Gasteiger partial charge is 0.365 e. The van der Waals surface area contributed by atoms with E-state index in [1.807, 2.05) is 11.0 Å². The number of hydrogen-bond donors (Lipinski definition) is 1. The molecule has 2 atom stereocenters. The molecule has 4 nitrogen and oxygen atoms in total. The molecule has 0 bridgehead atoms. The molecule has 1 aromatic carbocycles. The molecule has 2 fully saturated rings. The van der Waals surface area contributed by atoms with Gasteiger partial charge in [-0.3, -0.25) is 4.79 Å². The summed E-state index contributed by atoms with van der Waals surface area (Å²) in [6.45, 7) is 4.82. The van der Waals surface area contributed by atoms with Crippen LogP contribution in [-0.2, 0) is 9.53 Å². The minimum absolute atomic E-state index is 0. The first-order valence-electron chi connectivity index (χ1n) is 7.90. The van der Waals surface area contributed by atoms with Gasteiger partial charge in [-0.25, -0.2) is 0 Å². The Morgan fingerprint density at radius 3 is 2.73 bits per heavy atom. The lowest BCUT2D eigenvalue weighted by molar-refractivity contribution is -0.148. The summed E-state index contributed by atoms with van der Waals surface area (Å²) in [7, 11) is 0. The fourth-order valence-electron chi connectivity index (χ4n) is 2.76. The molecule has 0 aromatic heterocycles. The quantitative estimate of drug-likeness (QED) is 0.873. The van der Waals surface area contributed by atoms with Gasteiger partial charge in [0.2, 0.25) is 5.91 Å². The average molecular weight is 325 g/mol. The van der Waals surface area contributed by atoms with E-state index in [4.69, 9.17) is 4.74 Å². The van der Waals surface area contributed by atoms with E-state index in [9.17, 15) is 4.79 Å². The Morgan fingerprint density at radius 1 is 1.32 bits per heavy atom. The van der Waals surface area contributed by atoms with Crippen molar-refractivity contribution in [3.63, 3.8) is 0 Å². The Balaban J connectivity index is 0.00000176. The van der Waals surface area contributed by atoms with E-state index in [2.05, 4.69) is 36.5 Å². The second-order valence-electron chi connectivity index (χ2n) is 6.22. The molecule has 122 valence electrons. The summed E-state index contributed by atoms with van der Waals surface area (Å²) in [5.41, 5.74) is 1.28. The van der Waals surface area contributed by atoms with E-state index >= 15 is 0 Å². The van der Waals surface area contributed by atoms with Crippen molar-refractivity contribution in [1.29, 1.82) is 0 Å². The van der Waals surface area contributed by atoms with Crippen molar-refractivity contribution in [3.8, 4) is 0 Å². The van der Waals surface area contributed by atoms with E-state index in [0.29, 0.717) is 6.04 Å². The summed E-state index contributed by atoms with van der Waals surface area (Å²) in [6.07, 6.45) is 2.66. The van der Waals surface area contributed by atoms with Crippen LogP contribution in [-0.4, -0.2) is 43.2 Å². The molecule has 1 saturated heterocycles. The summed E-state index contributed by atoms with van der Waals surface area (Å²) in [4.78, 5) is 13.8. The Hall–Kier alpha value is -1.10. The molecular formula is C17H25ClN2O2. The van der Waals surface area contributed by atoms with Gasteiger partial charge in [0, 0.05) is 25.7 Å². The summed E-state index contributed by atoms with van der Waals surface area (Å²) >= 11 is 0. The smallest absolute Gasteiger partial charge is 0.248 e. The second-order valence-corrected chi connectivity index (χ2v) is 6.22. The number of nitrogens with zero attached hydrogens (tertiary/aromatic N) is 1. The molecule has 1 aliphatic heterocycles. The highest BCUT2D eigenvalue weighted by Gasteiger charge is 2.31. The van der Waals surface area contributed by atoms with Gasteiger partial charge in [0.25, 0.3) is 0 Å². The molecule has 2 aliphatic rings. The monoisotopic (exact) mass is 324 g/mol. The van der Waals surface area contributed by atoms with Crippen LogP contribution in [0.4, 0.5) is 0 Å². The first-order valence-corrected chi connectivity index (χ1v) is 7.90. The number of amides is 1. The van der Waals surface area contributed by atoms with Crippen LogP contribution in [0, 0.1) is 5.92 Å². The number of halogens is 1. The molecular weight excluding hydrogens is 300 g/mol. The zero-order valence-electron chi connectivity index (χ0n) is 13.0. The lowest BCUT2D eigenvalue weighted by atomic mass is 10.1. The van der Waals surface area contributed by atoms with E-state index in [1.54, 1.807) is 0 Å². The first kappa shape index (κ1) is 17.3. The maximum Gasteiger partial charge on any atom is 0.248 e. The third-order valence-electron chi connectivity index (χ3n) is 4.35. The number of nitrogens with one attached hydrogen (secondary N) is 1. The minimum Gasteiger partial charge on any atom is -0.365 e. The molecule has 1 aromatic rings.